The fourth-order valence-corrected chi connectivity index (χ4v) is 2.59. The largest absolute Gasteiger partial charge is 0.373 e. The number of hydrogen-bond acceptors (Lipinski definition) is 4. The molecule has 2 N–H and O–H groups in total. The molecule has 0 saturated heterocycles. The molecule has 0 atom stereocenters. The van der Waals surface area contributed by atoms with Gasteiger partial charge in [-0.2, -0.15) is 0 Å². The number of nitrogens with zero attached hydrogens (tertiary/aromatic N) is 2. The second-order valence-corrected chi connectivity index (χ2v) is 5.61. The summed E-state index contributed by atoms with van der Waals surface area (Å²) in [5.74, 6) is 2.43. The van der Waals surface area contributed by atoms with E-state index in [0.29, 0.717) is 5.02 Å². The summed E-state index contributed by atoms with van der Waals surface area (Å²) in [6.07, 6.45) is 0.783. The Kier molecular flexibility index (Phi) is 4.83. The third kappa shape index (κ3) is 3.22. The topological polar surface area (TPSA) is 49.8 Å². The van der Waals surface area contributed by atoms with Crippen molar-refractivity contribution in [3.63, 3.8) is 0 Å². The van der Waals surface area contributed by atoms with Crippen molar-refractivity contribution in [2.24, 2.45) is 0 Å². The summed E-state index contributed by atoms with van der Waals surface area (Å²) in [5.41, 5.74) is 1.90. The number of benzene rings is 1. The molecule has 0 aliphatic rings. The molecular formula is C14H16BrClN4. The van der Waals surface area contributed by atoms with Gasteiger partial charge in [0.1, 0.15) is 17.5 Å². The lowest BCUT2D eigenvalue weighted by Gasteiger charge is -2.14. The van der Waals surface area contributed by atoms with Crippen molar-refractivity contribution in [1.82, 2.24) is 9.97 Å². The minimum atomic E-state index is 0.687. The summed E-state index contributed by atoms with van der Waals surface area (Å²) in [5, 5.41) is 7.10. The van der Waals surface area contributed by atoms with E-state index in [1.54, 1.807) is 0 Å². The van der Waals surface area contributed by atoms with Crippen LogP contribution in [0.4, 0.5) is 17.3 Å². The van der Waals surface area contributed by atoms with E-state index < -0.39 is 0 Å². The molecule has 6 heteroatoms. The first-order valence-corrected chi connectivity index (χ1v) is 7.49. The average Bonchev–Trinajstić information content (AvgIpc) is 2.43. The van der Waals surface area contributed by atoms with Crippen LogP contribution in [0.1, 0.15) is 18.3 Å². The standard InChI is InChI=1S/C14H16BrClN4/c1-4-12-19-13(17-3)8(2)14(20-12)18-11-6-5-9(16)7-10(11)15/h5-7H,4H2,1-3H3,(H2,17,18,19,20). The predicted octanol–water partition coefficient (Wildman–Crippen LogP) is 4.55. The van der Waals surface area contributed by atoms with Crippen LogP contribution < -0.4 is 10.6 Å². The highest BCUT2D eigenvalue weighted by Crippen LogP contribution is 2.30. The van der Waals surface area contributed by atoms with E-state index in [1.807, 2.05) is 39.1 Å². The smallest absolute Gasteiger partial charge is 0.139 e. The molecule has 0 radical (unpaired) electrons. The maximum atomic E-state index is 5.95. The zero-order valence-electron chi connectivity index (χ0n) is 11.6. The summed E-state index contributed by atoms with van der Waals surface area (Å²) in [6.45, 7) is 4.02. The number of anilines is 3. The maximum absolute atomic E-state index is 5.95. The zero-order chi connectivity index (χ0) is 14.7. The highest BCUT2D eigenvalue weighted by atomic mass is 79.9. The Labute approximate surface area is 132 Å². The predicted molar refractivity (Wildman–Crippen MR) is 88.1 cm³/mol. The van der Waals surface area contributed by atoms with Crippen LogP contribution in [0, 0.1) is 6.92 Å². The van der Waals surface area contributed by atoms with E-state index in [4.69, 9.17) is 11.6 Å². The van der Waals surface area contributed by atoms with E-state index >= 15 is 0 Å². The van der Waals surface area contributed by atoms with E-state index in [2.05, 4.69) is 36.5 Å². The van der Waals surface area contributed by atoms with E-state index in [1.165, 1.54) is 0 Å². The lowest BCUT2D eigenvalue weighted by molar-refractivity contribution is 0.935. The van der Waals surface area contributed by atoms with Gasteiger partial charge in [-0.15, -0.1) is 0 Å². The molecule has 106 valence electrons. The number of halogens is 2. The van der Waals surface area contributed by atoms with Crippen molar-refractivity contribution in [1.29, 1.82) is 0 Å². The summed E-state index contributed by atoms with van der Waals surface area (Å²) in [7, 11) is 1.86. The fraction of sp³-hybridized carbons (Fsp3) is 0.286. The number of rotatable bonds is 4. The fourth-order valence-electron chi connectivity index (χ4n) is 1.80. The van der Waals surface area contributed by atoms with Crippen LogP contribution in [0.3, 0.4) is 0 Å². The zero-order valence-corrected chi connectivity index (χ0v) is 13.9. The molecule has 0 amide bonds. The highest BCUT2D eigenvalue weighted by Gasteiger charge is 2.10. The molecule has 1 heterocycles. The molecule has 0 spiro atoms. The van der Waals surface area contributed by atoms with Crippen LogP contribution in [-0.2, 0) is 6.42 Å². The van der Waals surface area contributed by atoms with Gasteiger partial charge in [0, 0.05) is 28.5 Å². The molecule has 0 bridgehead atoms. The van der Waals surface area contributed by atoms with Crippen molar-refractivity contribution in [3.8, 4) is 0 Å². The molecule has 4 nitrogen and oxygen atoms in total. The summed E-state index contributed by atoms with van der Waals surface area (Å²) in [4.78, 5) is 9.00. The Morgan fingerprint density at radius 3 is 2.55 bits per heavy atom. The van der Waals surface area contributed by atoms with Gasteiger partial charge in [-0.1, -0.05) is 18.5 Å². The van der Waals surface area contributed by atoms with Gasteiger partial charge in [0.25, 0.3) is 0 Å². The first-order chi connectivity index (χ1) is 9.55. The normalized spacial score (nSPS) is 10.4. The number of aryl methyl sites for hydroxylation is 1. The highest BCUT2D eigenvalue weighted by molar-refractivity contribution is 9.10. The molecular weight excluding hydrogens is 340 g/mol. The quantitative estimate of drug-likeness (QED) is 0.845. The number of aromatic nitrogens is 2. The average molecular weight is 356 g/mol. The van der Waals surface area contributed by atoms with Gasteiger partial charge >= 0.3 is 0 Å². The van der Waals surface area contributed by atoms with Crippen LogP contribution in [0.15, 0.2) is 22.7 Å². The van der Waals surface area contributed by atoms with Gasteiger partial charge < -0.3 is 10.6 Å². The first kappa shape index (κ1) is 15.1. The molecule has 0 saturated carbocycles. The molecule has 0 fully saturated rings. The van der Waals surface area contributed by atoms with Crippen molar-refractivity contribution >= 4 is 44.9 Å². The Morgan fingerprint density at radius 2 is 1.95 bits per heavy atom. The molecule has 0 unspecified atom stereocenters. The second kappa shape index (κ2) is 6.41. The van der Waals surface area contributed by atoms with Crippen molar-refractivity contribution < 1.29 is 0 Å². The molecule has 2 rings (SSSR count). The monoisotopic (exact) mass is 354 g/mol. The van der Waals surface area contributed by atoms with Crippen LogP contribution in [0.2, 0.25) is 5.02 Å². The lowest BCUT2D eigenvalue weighted by atomic mass is 10.2. The maximum Gasteiger partial charge on any atom is 0.139 e. The molecule has 0 aliphatic heterocycles. The third-order valence-corrected chi connectivity index (χ3v) is 3.82. The molecule has 0 aliphatic carbocycles. The minimum absolute atomic E-state index is 0.687. The van der Waals surface area contributed by atoms with Crippen molar-refractivity contribution in [2.45, 2.75) is 20.3 Å². The van der Waals surface area contributed by atoms with Gasteiger partial charge in [0.05, 0.1) is 5.69 Å². The number of hydrogen-bond donors (Lipinski definition) is 2. The summed E-state index contributed by atoms with van der Waals surface area (Å²) in [6, 6.07) is 5.60. The van der Waals surface area contributed by atoms with Crippen LogP contribution in [-0.4, -0.2) is 17.0 Å². The van der Waals surface area contributed by atoms with Crippen molar-refractivity contribution in [2.75, 3.05) is 17.7 Å². The van der Waals surface area contributed by atoms with E-state index in [-0.39, 0.29) is 0 Å². The van der Waals surface area contributed by atoms with Gasteiger partial charge in [-0.25, -0.2) is 9.97 Å². The third-order valence-electron chi connectivity index (χ3n) is 2.93. The number of nitrogens with one attached hydrogen (secondary N) is 2. The molecule has 20 heavy (non-hydrogen) atoms. The van der Waals surface area contributed by atoms with Gasteiger partial charge in [0.15, 0.2) is 0 Å². The molecule has 1 aromatic heterocycles. The Bertz CT molecular complexity index is 631. The minimum Gasteiger partial charge on any atom is -0.373 e. The Balaban J connectivity index is 2.42. The van der Waals surface area contributed by atoms with Gasteiger partial charge in [-0.05, 0) is 41.1 Å². The SMILES string of the molecule is CCc1nc(NC)c(C)c(Nc2ccc(Cl)cc2Br)n1. The first-order valence-electron chi connectivity index (χ1n) is 6.32. The van der Waals surface area contributed by atoms with Gasteiger partial charge in [-0.3, -0.25) is 0 Å². The van der Waals surface area contributed by atoms with Crippen molar-refractivity contribution in [3.05, 3.63) is 39.1 Å². The Hall–Kier alpha value is -1.33. The Morgan fingerprint density at radius 1 is 1.25 bits per heavy atom. The summed E-state index contributed by atoms with van der Waals surface area (Å²) >= 11 is 9.45. The van der Waals surface area contributed by atoms with Gasteiger partial charge in [0.2, 0.25) is 0 Å². The lowest BCUT2D eigenvalue weighted by Crippen LogP contribution is -2.07. The van der Waals surface area contributed by atoms with E-state index in [9.17, 15) is 0 Å². The van der Waals surface area contributed by atoms with Crippen LogP contribution in [0.5, 0.6) is 0 Å². The van der Waals surface area contributed by atoms with E-state index in [0.717, 1.165) is 39.6 Å². The molecule has 1 aromatic carbocycles. The van der Waals surface area contributed by atoms with Crippen LogP contribution in [0.25, 0.3) is 0 Å². The molecule has 2 aromatic rings. The summed E-state index contributed by atoms with van der Waals surface area (Å²) < 4.78 is 0.895. The second-order valence-electron chi connectivity index (χ2n) is 4.31. The van der Waals surface area contributed by atoms with Crippen LogP contribution >= 0.6 is 27.5 Å².